The summed E-state index contributed by atoms with van der Waals surface area (Å²) in [6.07, 6.45) is 3.66. The van der Waals surface area contributed by atoms with Crippen molar-refractivity contribution in [1.82, 2.24) is 19.9 Å². The van der Waals surface area contributed by atoms with Gasteiger partial charge in [0.25, 0.3) is 0 Å². The van der Waals surface area contributed by atoms with Gasteiger partial charge in [-0.05, 0) is 12.5 Å². The van der Waals surface area contributed by atoms with E-state index in [4.69, 9.17) is 26.3 Å². The molecule has 0 amide bonds. The number of aromatic nitrogens is 4. The Bertz CT molecular complexity index is 914. The van der Waals surface area contributed by atoms with E-state index in [1.807, 2.05) is 12.1 Å². The third-order valence-electron chi connectivity index (χ3n) is 3.66. The predicted octanol–water partition coefficient (Wildman–Crippen LogP) is 2.78. The Hall–Kier alpha value is -2.43. The van der Waals surface area contributed by atoms with Crippen molar-refractivity contribution >= 4 is 34.7 Å². The first-order valence-corrected chi connectivity index (χ1v) is 10.6. The first-order valence-electron chi connectivity index (χ1n) is 8.80. The summed E-state index contributed by atoms with van der Waals surface area (Å²) < 4.78 is 5.40. The lowest BCUT2D eigenvalue weighted by atomic mass is 10.2. The molecule has 0 aliphatic carbocycles. The SMILES string of the molecule is CCCc1sc(-c2ccnc(OCCO)c2)nc1CSc1nc(N)cc(N)n1. The smallest absolute Gasteiger partial charge is 0.213 e. The molecule has 0 aliphatic heterocycles. The minimum Gasteiger partial charge on any atom is -0.475 e. The quantitative estimate of drug-likeness (QED) is 0.354. The van der Waals surface area contributed by atoms with Crippen molar-refractivity contribution in [3.8, 4) is 16.5 Å². The summed E-state index contributed by atoms with van der Waals surface area (Å²) in [7, 11) is 0. The van der Waals surface area contributed by atoms with Gasteiger partial charge in [0.2, 0.25) is 5.88 Å². The number of nitrogens with two attached hydrogens (primary N) is 2. The second-order valence-corrected chi connectivity index (χ2v) is 7.91. The molecule has 0 saturated heterocycles. The third-order valence-corrected chi connectivity index (χ3v) is 5.73. The van der Waals surface area contributed by atoms with Crippen molar-refractivity contribution in [3.05, 3.63) is 35.0 Å². The summed E-state index contributed by atoms with van der Waals surface area (Å²) in [5.41, 5.74) is 13.4. The van der Waals surface area contributed by atoms with Crippen LogP contribution in [0.15, 0.2) is 29.6 Å². The van der Waals surface area contributed by atoms with Crippen LogP contribution >= 0.6 is 23.1 Å². The van der Waals surface area contributed by atoms with E-state index in [1.54, 1.807) is 17.5 Å². The van der Waals surface area contributed by atoms with Crippen LogP contribution in [0.25, 0.3) is 10.6 Å². The Labute approximate surface area is 171 Å². The number of aliphatic hydroxyl groups excluding tert-OH is 1. The van der Waals surface area contributed by atoms with E-state index < -0.39 is 0 Å². The monoisotopic (exact) mass is 418 g/mol. The molecule has 3 aromatic heterocycles. The molecule has 5 N–H and O–H groups in total. The van der Waals surface area contributed by atoms with Gasteiger partial charge < -0.3 is 21.3 Å². The number of aryl methyl sites for hydroxylation is 1. The van der Waals surface area contributed by atoms with Crippen LogP contribution in [0.2, 0.25) is 0 Å². The predicted molar refractivity (Wildman–Crippen MR) is 112 cm³/mol. The zero-order valence-corrected chi connectivity index (χ0v) is 17.1. The number of rotatable bonds is 9. The molecule has 148 valence electrons. The molecule has 0 saturated carbocycles. The molecule has 8 nitrogen and oxygen atoms in total. The van der Waals surface area contributed by atoms with Crippen molar-refractivity contribution in [3.63, 3.8) is 0 Å². The maximum Gasteiger partial charge on any atom is 0.213 e. The summed E-state index contributed by atoms with van der Waals surface area (Å²) >= 11 is 3.13. The highest BCUT2D eigenvalue weighted by Crippen LogP contribution is 2.33. The van der Waals surface area contributed by atoms with Gasteiger partial charge in [-0.25, -0.2) is 19.9 Å². The number of hydrogen-bond acceptors (Lipinski definition) is 10. The lowest BCUT2D eigenvalue weighted by Gasteiger charge is -2.04. The van der Waals surface area contributed by atoms with Crippen LogP contribution in [0.1, 0.15) is 23.9 Å². The van der Waals surface area contributed by atoms with Crippen LogP contribution in [0.4, 0.5) is 11.6 Å². The molecule has 10 heteroatoms. The van der Waals surface area contributed by atoms with E-state index in [0.29, 0.717) is 28.4 Å². The summed E-state index contributed by atoms with van der Waals surface area (Å²) in [4.78, 5) is 18.6. The number of nitrogen functional groups attached to an aromatic ring is 2. The van der Waals surface area contributed by atoms with Gasteiger partial charge in [-0.15, -0.1) is 11.3 Å². The van der Waals surface area contributed by atoms with Gasteiger partial charge in [0.05, 0.1) is 12.3 Å². The number of aliphatic hydroxyl groups is 1. The fourth-order valence-corrected chi connectivity index (χ4v) is 4.58. The molecule has 0 spiro atoms. The van der Waals surface area contributed by atoms with Gasteiger partial charge in [-0.3, -0.25) is 0 Å². The molecular weight excluding hydrogens is 396 g/mol. The van der Waals surface area contributed by atoms with Gasteiger partial charge in [0.15, 0.2) is 5.16 Å². The standard InChI is InChI=1S/C18H22N6O2S2/c1-2-3-13-12(10-27-18-23-14(19)9-15(20)24-18)22-17(28-13)11-4-5-21-16(8-11)26-7-6-25/h4-5,8-9,25H,2-3,6-7,10H2,1H3,(H4,19,20,23,24). The van der Waals surface area contributed by atoms with Gasteiger partial charge in [-0.2, -0.15) is 0 Å². The molecule has 28 heavy (non-hydrogen) atoms. The summed E-state index contributed by atoms with van der Waals surface area (Å²) in [5, 5.41) is 10.4. The number of pyridine rings is 1. The third kappa shape index (κ3) is 5.31. The minimum atomic E-state index is -0.0538. The number of nitrogens with zero attached hydrogens (tertiary/aromatic N) is 4. The molecular formula is C18H22N6O2S2. The normalized spacial score (nSPS) is 10.9. The average molecular weight is 419 g/mol. The number of thioether (sulfide) groups is 1. The Balaban J connectivity index is 1.81. The van der Waals surface area contributed by atoms with E-state index in [9.17, 15) is 0 Å². The largest absolute Gasteiger partial charge is 0.475 e. The van der Waals surface area contributed by atoms with Crippen molar-refractivity contribution in [2.75, 3.05) is 24.7 Å². The van der Waals surface area contributed by atoms with E-state index in [0.717, 1.165) is 29.1 Å². The summed E-state index contributed by atoms with van der Waals surface area (Å²) in [5.74, 6) is 1.82. The van der Waals surface area contributed by atoms with E-state index in [2.05, 4.69) is 21.9 Å². The van der Waals surface area contributed by atoms with Gasteiger partial charge >= 0.3 is 0 Å². The zero-order valence-electron chi connectivity index (χ0n) is 15.5. The molecule has 3 aromatic rings. The molecule has 0 aromatic carbocycles. The first kappa shape index (κ1) is 20.3. The highest BCUT2D eigenvalue weighted by molar-refractivity contribution is 7.98. The van der Waals surface area contributed by atoms with Crippen LogP contribution in [-0.4, -0.2) is 38.3 Å². The Kier molecular flexibility index (Phi) is 7.01. The van der Waals surface area contributed by atoms with Crippen LogP contribution in [0.5, 0.6) is 5.88 Å². The maximum absolute atomic E-state index is 8.91. The topological polar surface area (TPSA) is 133 Å². The second kappa shape index (κ2) is 9.67. The van der Waals surface area contributed by atoms with E-state index in [1.165, 1.54) is 22.7 Å². The first-order chi connectivity index (χ1) is 13.6. The van der Waals surface area contributed by atoms with Gasteiger partial charge in [0.1, 0.15) is 23.3 Å². The highest BCUT2D eigenvalue weighted by Gasteiger charge is 2.14. The van der Waals surface area contributed by atoms with E-state index in [-0.39, 0.29) is 13.2 Å². The molecule has 3 heterocycles. The highest BCUT2D eigenvalue weighted by atomic mass is 32.2. The van der Waals surface area contributed by atoms with Crippen LogP contribution < -0.4 is 16.2 Å². The van der Waals surface area contributed by atoms with E-state index >= 15 is 0 Å². The van der Waals surface area contributed by atoms with Crippen LogP contribution in [0.3, 0.4) is 0 Å². The van der Waals surface area contributed by atoms with Crippen molar-refractivity contribution in [2.24, 2.45) is 0 Å². The summed E-state index contributed by atoms with van der Waals surface area (Å²) in [6, 6.07) is 5.27. The number of hydrogen-bond donors (Lipinski definition) is 3. The second-order valence-electron chi connectivity index (χ2n) is 5.88. The number of thiazole rings is 1. The van der Waals surface area contributed by atoms with Crippen molar-refractivity contribution in [1.29, 1.82) is 0 Å². The molecule has 0 radical (unpaired) electrons. The lowest BCUT2D eigenvalue weighted by Crippen LogP contribution is -2.02. The molecule has 0 atom stereocenters. The molecule has 0 fully saturated rings. The Morgan fingerprint density at radius 2 is 1.96 bits per heavy atom. The molecule has 0 bridgehead atoms. The Morgan fingerprint density at radius 3 is 2.68 bits per heavy atom. The molecule has 0 aliphatic rings. The fraction of sp³-hybridized carbons (Fsp3) is 0.333. The van der Waals surface area contributed by atoms with Crippen molar-refractivity contribution < 1.29 is 9.84 Å². The number of ether oxygens (including phenoxy) is 1. The molecule has 3 rings (SSSR count). The fourth-order valence-electron chi connectivity index (χ4n) is 2.47. The average Bonchev–Trinajstić information content (AvgIpc) is 3.07. The van der Waals surface area contributed by atoms with Crippen molar-refractivity contribution in [2.45, 2.75) is 30.7 Å². The zero-order chi connectivity index (χ0) is 19.9. The van der Waals surface area contributed by atoms with Crippen LogP contribution in [-0.2, 0) is 12.2 Å². The van der Waals surface area contributed by atoms with Gasteiger partial charge in [0, 0.05) is 34.5 Å². The van der Waals surface area contributed by atoms with Crippen LogP contribution in [0, 0.1) is 0 Å². The van der Waals surface area contributed by atoms with Gasteiger partial charge in [-0.1, -0.05) is 25.1 Å². The maximum atomic E-state index is 8.91. The molecule has 0 unspecified atom stereocenters. The summed E-state index contributed by atoms with van der Waals surface area (Å²) in [6.45, 7) is 2.30. The number of anilines is 2. The Morgan fingerprint density at radius 1 is 1.18 bits per heavy atom. The minimum absolute atomic E-state index is 0.0538. The lowest BCUT2D eigenvalue weighted by molar-refractivity contribution is 0.197.